The molecule has 7 nitrogen and oxygen atoms in total. The summed E-state index contributed by atoms with van der Waals surface area (Å²) < 4.78 is 13.1. The van der Waals surface area contributed by atoms with Gasteiger partial charge in [-0.2, -0.15) is 5.10 Å². The van der Waals surface area contributed by atoms with Crippen LogP contribution in [0, 0.1) is 34.6 Å². The van der Waals surface area contributed by atoms with Crippen LogP contribution in [0.4, 0.5) is 5.69 Å². The number of ether oxygens (including phenoxy) is 1. The Labute approximate surface area is 203 Å². The van der Waals surface area contributed by atoms with E-state index in [4.69, 9.17) is 20.9 Å². The summed E-state index contributed by atoms with van der Waals surface area (Å²) >= 11 is 6.31. The van der Waals surface area contributed by atoms with E-state index in [0.717, 1.165) is 28.1 Å². The summed E-state index contributed by atoms with van der Waals surface area (Å²) in [6.07, 6.45) is 0. The summed E-state index contributed by atoms with van der Waals surface area (Å²) in [4.78, 5) is 13.1. The van der Waals surface area contributed by atoms with Gasteiger partial charge in [0.1, 0.15) is 18.1 Å². The Morgan fingerprint density at radius 2 is 1.79 bits per heavy atom. The van der Waals surface area contributed by atoms with Crippen molar-refractivity contribution in [2.75, 3.05) is 5.32 Å². The number of aromatic nitrogens is 3. The molecule has 1 N–H and O–H groups in total. The fourth-order valence-corrected chi connectivity index (χ4v) is 4.10. The van der Waals surface area contributed by atoms with Crippen molar-refractivity contribution in [1.29, 1.82) is 0 Å². The third-order valence-corrected chi connectivity index (χ3v) is 6.04. The van der Waals surface area contributed by atoms with Crippen molar-refractivity contribution in [3.63, 3.8) is 0 Å². The van der Waals surface area contributed by atoms with Gasteiger partial charge in [-0.25, -0.2) is 0 Å². The molecule has 0 saturated carbocycles. The Kier molecular flexibility index (Phi) is 6.75. The number of aryl methyl sites for hydroxylation is 4. The summed E-state index contributed by atoms with van der Waals surface area (Å²) in [5.74, 6) is 0.897. The zero-order valence-corrected chi connectivity index (χ0v) is 20.7. The van der Waals surface area contributed by atoms with E-state index in [1.807, 2.05) is 68.8 Å². The van der Waals surface area contributed by atoms with Crippen LogP contribution in [0.15, 0.2) is 47.0 Å². The van der Waals surface area contributed by atoms with Gasteiger partial charge in [-0.3, -0.25) is 9.48 Å². The topological polar surface area (TPSA) is 82.2 Å². The van der Waals surface area contributed by atoms with E-state index >= 15 is 0 Å². The molecule has 0 bridgehead atoms. The number of amides is 1. The molecule has 0 spiro atoms. The van der Waals surface area contributed by atoms with Gasteiger partial charge in [0.15, 0.2) is 5.69 Å². The second-order valence-corrected chi connectivity index (χ2v) is 8.83. The maximum atomic E-state index is 13.1. The minimum atomic E-state index is -0.376. The van der Waals surface area contributed by atoms with Crippen molar-refractivity contribution in [2.45, 2.75) is 47.8 Å². The van der Waals surface area contributed by atoms with Crippen LogP contribution in [0.25, 0.3) is 0 Å². The van der Waals surface area contributed by atoms with Crippen LogP contribution in [0.2, 0.25) is 5.02 Å². The fourth-order valence-electron chi connectivity index (χ4n) is 3.90. The number of halogens is 1. The molecule has 2 heterocycles. The number of hydrogen-bond donors (Lipinski definition) is 1. The lowest BCUT2D eigenvalue weighted by atomic mass is 10.1. The summed E-state index contributed by atoms with van der Waals surface area (Å²) in [5.41, 5.74) is 6.12. The highest BCUT2D eigenvalue weighted by molar-refractivity contribution is 6.31. The van der Waals surface area contributed by atoms with Gasteiger partial charge in [0.2, 0.25) is 0 Å². The largest absolute Gasteiger partial charge is 0.489 e. The highest BCUT2D eigenvalue weighted by atomic mass is 35.5. The van der Waals surface area contributed by atoms with Gasteiger partial charge >= 0.3 is 0 Å². The first-order valence-electron chi connectivity index (χ1n) is 11.0. The van der Waals surface area contributed by atoms with E-state index in [-0.39, 0.29) is 18.2 Å². The lowest BCUT2D eigenvalue weighted by molar-refractivity contribution is 0.101. The van der Waals surface area contributed by atoms with Crippen LogP contribution in [0.3, 0.4) is 0 Å². The number of benzene rings is 2. The number of anilines is 1. The molecule has 34 heavy (non-hydrogen) atoms. The molecule has 0 atom stereocenters. The van der Waals surface area contributed by atoms with Gasteiger partial charge in [0, 0.05) is 5.02 Å². The smallest absolute Gasteiger partial charge is 0.278 e. The van der Waals surface area contributed by atoms with Crippen molar-refractivity contribution >= 4 is 23.2 Å². The number of carbonyl (C=O) groups is 1. The SMILES string of the molecule is Cc1cc(C)cc(OCc2c(C(=O)Nc3c(C)nn(Cc4ccccc4Cl)c3C)noc2C)c1. The predicted molar refractivity (Wildman–Crippen MR) is 132 cm³/mol. The molecular formula is C26H27ClN4O3. The van der Waals surface area contributed by atoms with E-state index in [1.165, 1.54) is 0 Å². The van der Waals surface area contributed by atoms with Crippen LogP contribution in [0.5, 0.6) is 5.75 Å². The summed E-state index contributed by atoms with van der Waals surface area (Å²) in [5, 5.41) is 12.2. The molecule has 1 amide bonds. The third kappa shape index (κ3) is 4.99. The zero-order chi connectivity index (χ0) is 24.4. The van der Waals surface area contributed by atoms with E-state index < -0.39 is 0 Å². The van der Waals surface area contributed by atoms with Gasteiger partial charge in [-0.15, -0.1) is 0 Å². The quantitative estimate of drug-likeness (QED) is 0.355. The van der Waals surface area contributed by atoms with Crippen molar-refractivity contribution in [3.05, 3.63) is 92.6 Å². The van der Waals surface area contributed by atoms with Gasteiger partial charge in [0.05, 0.1) is 29.2 Å². The van der Waals surface area contributed by atoms with Crippen molar-refractivity contribution in [3.8, 4) is 5.75 Å². The Hall–Kier alpha value is -3.58. The van der Waals surface area contributed by atoms with Crippen LogP contribution in [0.1, 0.15) is 49.9 Å². The molecule has 2 aromatic carbocycles. The first-order chi connectivity index (χ1) is 16.2. The normalized spacial score (nSPS) is 11.0. The molecule has 0 aliphatic rings. The number of hydrogen-bond acceptors (Lipinski definition) is 5. The molecule has 0 aliphatic heterocycles. The first kappa shape index (κ1) is 23.6. The molecular weight excluding hydrogens is 452 g/mol. The van der Waals surface area contributed by atoms with E-state index in [9.17, 15) is 4.79 Å². The lowest BCUT2D eigenvalue weighted by Crippen LogP contribution is -2.16. The average molecular weight is 479 g/mol. The van der Waals surface area contributed by atoms with Crippen molar-refractivity contribution in [2.24, 2.45) is 0 Å². The summed E-state index contributed by atoms with van der Waals surface area (Å²) in [7, 11) is 0. The van der Waals surface area contributed by atoms with Gasteiger partial charge < -0.3 is 14.6 Å². The lowest BCUT2D eigenvalue weighted by Gasteiger charge is -2.10. The Bertz CT molecular complexity index is 1340. The molecule has 4 rings (SSSR count). The van der Waals surface area contributed by atoms with Crippen LogP contribution < -0.4 is 10.1 Å². The van der Waals surface area contributed by atoms with Crippen LogP contribution in [-0.4, -0.2) is 20.8 Å². The Morgan fingerprint density at radius 3 is 2.50 bits per heavy atom. The maximum absolute atomic E-state index is 13.1. The molecule has 0 aliphatic carbocycles. The van der Waals surface area contributed by atoms with E-state index in [1.54, 1.807) is 6.92 Å². The number of nitrogens with zero attached hydrogens (tertiary/aromatic N) is 3. The van der Waals surface area contributed by atoms with E-state index in [0.29, 0.717) is 34.3 Å². The Balaban J connectivity index is 1.52. The first-order valence-corrected chi connectivity index (χ1v) is 11.4. The average Bonchev–Trinajstić information content (AvgIpc) is 3.27. The molecule has 0 saturated heterocycles. The second-order valence-electron chi connectivity index (χ2n) is 8.43. The molecule has 0 fully saturated rings. The number of nitrogens with one attached hydrogen (secondary N) is 1. The molecule has 4 aromatic rings. The highest BCUT2D eigenvalue weighted by Crippen LogP contribution is 2.25. The summed E-state index contributed by atoms with van der Waals surface area (Å²) in [6, 6.07) is 13.6. The molecule has 0 radical (unpaired) electrons. The maximum Gasteiger partial charge on any atom is 0.278 e. The fraction of sp³-hybridized carbons (Fsp3) is 0.269. The van der Waals surface area contributed by atoms with Gasteiger partial charge in [0.25, 0.3) is 5.91 Å². The van der Waals surface area contributed by atoms with Gasteiger partial charge in [-0.1, -0.05) is 41.0 Å². The monoisotopic (exact) mass is 478 g/mol. The Morgan fingerprint density at radius 1 is 1.09 bits per heavy atom. The number of rotatable bonds is 7. The molecule has 0 unspecified atom stereocenters. The minimum Gasteiger partial charge on any atom is -0.489 e. The van der Waals surface area contributed by atoms with Gasteiger partial charge in [-0.05, 0) is 69.5 Å². The third-order valence-electron chi connectivity index (χ3n) is 5.68. The molecule has 2 aromatic heterocycles. The summed E-state index contributed by atoms with van der Waals surface area (Å²) in [6.45, 7) is 10.2. The predicted octanol–water partition coefficient (Wildman–Crippen LogP) is 5.95. The highest BCUT2D eigenvalue weighted by Gasteiger charge is 2.23. The van der Waals surface area contributed by atoms with Crippen molar-refractivity contribution < 1.29 is 14.1 Å². The minimum absolute atomic E-state index is 0.171. The zero-order valence-electron chi connectivity index (χ0n) is 19.9. The molecule has 8 heteroatoms. The number of carbonyl (C=O) groups excluding carboxylic acids is 1. The standard InChI is InChI=1S/C26H27ClN4O3/c1-15-10-16(2)12-21(11-15)33-14-22-19(5)34-30-25(22)26(32)28-24-17(3)29-31(18(24)4)13-20-8-6-7-9-23(20)27/h6-12H,13-14H2,1-5H3,(H,28,32). The van der Waals surface area contributed by atoms with Crippen LogP contribution >= 0.6 is 11.6 Å². The van der Waals surface area contributed by atoms with Crippen LogP contribution in [-0.2, 0) is 13.2 Å². The van der Waals surface area contributed by atoms with Crippen molar-refractivity contribution in [1.82, 2.24) is 14.9 Å². The second kappa shape index (κ2) is 9.73. The molecule has 176 valence electrons. The van der Waals surface area contributed by atoms with E-state index in [2.05, 4.69) is 21.6 Å².